The Balaban J connectivity index is 2.66. The van der Waals surface area contributed by atoms with Crippen molar-refractivity contribution in [3.8, 4) is 0 Å². The summed E-state index contributed by atoms with van der Waals surface area (Å²) in [5.41, 5.74) is 0. The van der Waals surface area contributed by atoms with Crippen molar-refractivity contribution >= 4 is 40.2 Å². The number of hydrogen-bond donors (Lipinski definition) is 0. The topological polar surface area (TPSA) is 17.1 Å². The zero-order valence-electron chi connectivity index (χ0n) is 4.43. The van der Waals surface area contributed by atoms with Gasteiger partial charge in [-0.15, -0.1) is 11.8 Å². The molecule has 1 aliphatic rings. The van der Waals surface area contributed by atoms with Gasteiger partial charge in [0.2, 0.25) is 0 Å². The monoisotopic (exact) mass is 182 g/mol. The van der Waals surface area contributed by atoms with Crippen molar-refractivity contribution in [1.82, 2.24) is 0 Å². The van der Waals surface area contributed by atoms with E-state index in [2.05, 4.69) is 0 Å². The van der Waals surface area contributed by atoms with Gasteiger partial charge in [-0.1, -0.05) is 17.7 Å². The van der Waals surface area contributed by atoms with E-state index in [0.717, 1.165) is 0 Å². The molecule has 0 N–H and O–H groups in total. The largest absolute Gasteiger partial charge is 0.278 e. The minimum absolute atomic E-state index is 0.487. The maximum Gasteiger partial charge on any atom is 0.253 e. The molecule has 1 nitrogen and oxygen atoms in total. The summed E-state index contributed by atoms with van der Waals surface area (Å²) in [4.78, 5) is 10.5. The van der Waals surface area contributed by atoms with E-state index in [9.17, 15) is 4.79 Å². The Morgan fingerprint density at radius 2 is 2.44 bits per heavy atom. The maximum atomic E-state index is 10.5. The smallest absolute Gasteiger partial charge is 0.253 e. The van der Waals surface area contributed by atoms with Crippen molar-refractivity contribution in [2.24, 2.45) is 0 Å². The van der Waals surface area contributed by atoms with Gasteiger partial charge in [-0.25, -0.2) is 0 Å². The van der Waals surface area contributed by atoms with Crippen molar-refractivity contribution in [2.75, 3.05) is 0 Å². The van der Waals surface area contributed by atoms with Crippen LogP contribution in [0.25, 0.3) is 0 Å². The summed E-state index contributed by atoms with van der Waals surface area (Å²) >= 11 is 12.2. The van der Waals surface area contributed by atoms with Crippen LogP contribution in [-0.4, -0.2) is 9.45 Å². The van der Waals surface area contributed by atoms with Gasteiger partial charge in [0, 0.05) is 6.42 Å². The molecule has 1 heterocycles. The van der Waals surface area contributed by atoms with Crippen molar-refractivity contribution in [1.29, 1.82) is 0 Å². The molecule has 0 saturated carbocycles. The first-order valence-corrected chi connectivity index (χ1v) is 4.00. The molecule has 1 atom stereocenters. The van der Waals surface area contributed by atoms with E-state index in [1.165, 1.54) is 11.8 Å². The molecule has 0 saturated heterocycles. The van der Waals surface area contributed by atoms with Crippen LogP contribution in [0.2, 0.25) is 0 Å². The van der Waals surface area contributed by atoms with Crippen LogP contribution in [0.15, 0.2) is 11.5 Å². The highest BCUT2D eigenvalue weighted by Crippen LogP contribution is 2.41. The van der Waals surface area contributed by atoms with E-state index in [4.69, 9.17) is 23.2 Å². The molecule has 0 aromatic heterocycles. The fourth-order valence-corrected chi connectivity index (χ4v) is 1.68. The number of hydrogen-bond acceptors (Lipinski definition) is 2. The first kappa shape index (κ1) is 7.45. The maximum absolute atomic E-state index is 10.5. The number of allylic oxidation sites excluding steroid dienone is 1. The van der Waals surface area contributed by atoms with E-state index in [-0.39, 0.29) is 0 Å². The number of carbonyl (C=O) groups is 1. The molecule has 0 bridgehead atoms. The van der Waals surface area contributed by atoms with Gasteiger partial charge in [-0.3, -0.25) is 4.79 Å². The Labute approximate surface area is 67.4 Å². The van der Waals surface area contributed by atoms with E-state index in [1.54, 1.807) is 5.41 Å². The minimum Gasteiger partial charge on any atom is -0.278 e. The molecular formula is C5H4Cl2OS. The molecule has 0 amide bonds. The lowest BCUT2D eigenvalue weighted by molar-refractivity contribution is -0.112. The van der Waals surface area contributed by atoms with E-state index >= 15 is 0 Å². The van der Waals surface area contributed by atoms with E-state index < -0.39 is 9.45 Å². The third-order valence-corrected chi connectivity index (χ3v) is 3.20. The van der Waals surface area contributed by atoms with Gasteiger partial charge in [0.25, 0.3) is 5.24 Å². The highest BCUT2D eigenvalue weighted by Gasteiger charge is 2.36. The van der Waals surface area contributed by atoms with Gasteiger partial charge in [-0.05, 0) is 17.0 Å². The summed E-state index contributed by atoms with van der Waals surface area (Å²) in [6.07, 6.45) is 2.36. The Bertz CT molecular complexity index is 158. The minimum atomic E-state index is -0.901. The average Bonchev–Trinajstić information content (AvgIpc) is 2.16. The van der Waals surface area contributed by atoms with Crippen LogP contribution in [0.5, 0.6) is 0 Å². The van der Waals surface area contributed by atoms with Gasteiger partial charge in [0.1, 0.15) is 0 Å². The highest BCUT2D eigenvalue weighted by atomic mass is 35.5. The van der Waals surface area contributed by atoms with E-state index in [1.807, 2.05) is 6.08 Å². The number of halogens is 2. The number of thioether (sulfide) groups is 1. The molecule has 50 valence electrons. The molecule has 0 aromatic carbocycles. The molecule has 1 rings (SSSR count). The summed E-state index contributed by atoms with van der Waals surface area (Å²) in [7, 11) is 0. The summed E-state index contributed by atoms with van der Waals surface area (Å²) in [6, 6.07) is 0. The van der Waals surface area contributed by atoms with Crippen LogP contribution in [0, 0.1) is 0 Å². The fourth-order valence-electron chi connectivity index (χ4n) is 0.530. The van der Waals surface area contributed by atoms with Gasteiger partial charge in [0.05, 0.1) is 0 Å². The summed E-state index contributed by atoms with van der Waals surface area (Å²) in [5.74, 6) is 0. The molecule has 0 spiro atoms. The van der Waals surface area contributed by atoms with Gasteiger partial charge >= 0.3 is 0 Å². The Hall–Kier alpha value is 0.340. The molecule has 1 unspecified atom stereocenters. The highest BCUT2D eigenvalue weighted by molar-refractivity contribution is 8.05. The molecule has 0 fully saturated rings. The molecule has 0 aliphatic carbocycles. The second kappa shape index (κ2) is 2.52. The van der Waals surface area contributed by atoms with Crippen LogP contribution < -0.4 is 0 Å². The van der Waals surface area contributed by atoms with Crippen LogP contribution in [0.3, 0.4) is 0 Å². The van der Waals surface area contributed by atoms with Crippen LogP contribution >= 0.6 is 35.0 Å². The predicted molar refractivity (Wildman–Crippen MR) is 40.8 cm³/mol. The predicted octanol–water partition coefficient (Wildman–Crippen LogP) is 2.34. The number of rotatable bonds is 1. The van der Waals surface area contributed by atoms with Crippen LogP contribution in [0.4, 0.5) is 0 Å². The number of alkyl halides is 1. The zero-order chi connectivity index (χ0) is 6.91. The van der Waals surface area contributed by atoms with Gasteiger partial charge in [0.15, 0.2) is 4.21 Å². The van der Waals surface area contributed by atoms with Gasteiger partial charge in [-0.2, -0.15) is 0 Å². The standard InChI is InChI=1S/C5H4Cl2OS/c6-4(8)5(7)2-1-3-9-5/h1,3H,2H2. The lowest BCUT2D eigenvalue weighted by atomic mass is 10.3. The summed E-state index contributed by atoms with van der Waals surface area (Å²) in [6.45, 7) is 0. The van der Waals surface area contributed by atoms with Crippen molar-refractivity contribution in [2.45, 2.75) is 10.6 Å². The zero-order valence-corrected chi connectivity index (χ0v) is 6.76. The second-order valence-corrected chi connectivity index (χ2v) is 4.11. The molecule has 9 heavy (non-hydrogen) atoms. The van der Waals surface area contributed by atoms with Crippen molar-refractivity contribution < 1.29 is 4.79 Å². The fraction of sp³-hybridized carbons (Fsp3) is 0.400. The lowest BCUT2D eigenvalue weighted by Crippen LogP contribution is -2.20. The SMILES string of the molecule is O=C(Cl)C1(Cl)CC=CS1. The third-order valence-electron chi connectivity index (χ3n) is 1.02. The normalized spacial score (nSPS) is 33.1. The number of carbonyl (C=O) groups excluding carboxylic acids is 1. The Kier molecular flexibility index (Phi) is 2.09. The molecular weight excluding hydrogens is 179 g/mol. The molecule has 0 aromatic rings. The average molecular weight is 183 g/mol. The Morgan fingerprint density at radius 3 is 2.67 bits per heavy atom. The first-order valence-electron chi connectivity index (χ1n) is 2.37. The van der Waals surface area contributed by atoms with Gasteiger partial charge < -0.3 is 0 Å². The first-order chi connectivity index (χ1) is 4.15. The van der Waals surface area contributed by atoms with Crippen molar-refractivity contribution in [3.05, 3.63) is 11.5 Å². The quantitative estimate of drug-likeness (QED) is 0.458. The van der Waals surface area contributed by atoms with Crippen LogP contribution in [0.1, 0.15) is 6.42 Å². The molecule has 4 heteroatoms. The van der Waals surface area contributed by atoms with Crippen molar-refractivity contribution in [3.63, 3.8) is 0 Å². The summed E-state index contributed by atoms with van der Waals surface area (Å²) in [5, 5.41) is 1.30. The Morgan fingerprint density at radius 1 is 1.78 bits per heavy atom. The van der Waals surface area contributed by atoms with Crippen LogP contribution in [-0.2, 0) is 4.79 Å². The summed E-state index contributed by atoms with van der Waals surface area (Å²) < 4.78 is -0.901. The van der Waals surface area contributed by atoms with E-state index in [0.29, 0.717) is 6.42 Å². The molecule has 0 radical (unpaired) electrons. The second-order valence-electron chi connectivity index (χ2n) is 1.70. The third kappa shape index (κ3) is 1.42. The molecule has 1 aliphatic heterocycles. The lowest BCUT2D eigenvalue weighted by Gasteiger charge is -2.12.